The highest BCUT2D eigenvalue weighted by Gasteiger charge is 2.13. The summed E-state index contributed by atoms with van der Waals surface area (Å²) in [6.45, 7) is 4.30. The van der Waals surface area contributed by atoms with Crippen molar-refractivity contribution in [2.75, 3.05) is 0 Å². The lowest BCUT2D eigenvalue weighted by Crippen LogP contribution is -2.26. The third-order valence-electron chi connectivity index (χ3n) is 5.63. The summed E-state index contributed by atoms with van der Waals surface area (Å²) in [5.74, 6) is 0.452. The van der Waals surface area contributed by atoms with Crippen molar-refractivity contribution < 1.29 is 9.53 Å². The Bertz CT molecular complexity index is 1420. The summed E-state index contributed by atoms with van der Waals surface area (Å²) in [6, 6.07) is 18.9. The Labute approximate surface area is 196 Å². The molecule has 5 aromatic rings. The number of carbonyl (C=O) groups excluding carboxylic acids is 1. The van der Waals surface area contributed by atoms with Crippen LogP contribution in [0.1, 0.15) is 40.1 Å². The number of nitrogens with zero attached hydrogens (tertiary/aromatic N) is 5. The molecule has 0 aliphatic rings. The Kier molecular flexibility index (Phi) is 5.78. The summed E-state index contributed by atoms with van der Waals surface area (Å²) in [4.78, 5) is 21.4. The number of pyridine rings is 1. The molecule has 0 radical (unpaired) electrons. The highest BCUT2D eigenvalue weighted by atomic mass is 16.5. The van der Waals surface area contributed by atoms with Gasteiger partial charge >= 0.3 is 0 Å². The fraction of sp³-hybridized carbons (Fsp3) is 0.154. The van der Waals surface area contributed by atoms with E-state index in [2.05, 4.69) is 20.4 Å². The van der Waals surface area contributed by atoms with Crippen LogP contribution in [0.3, 0.4) is 0 Å². The first-order valence-electron chi connectivity index (χ1n) is 11.0. The van der Waals surface area contributed by atoms with E-state index in [9.17, 15) is 4.79 Å². The van der Waals surface area contributed by atoms with Crippen LogP contribution in [0.4, 0.5) is 0 Å². The van der Waals surface area contributed by atoms with Gasteiger partial charge in [0, 0.05) is 18.0 Å². The van der Waals surface area contributed by atoms with Crippen LogP contribution in [0.2, 0.25) is 0 Å². The van der Waals surface area contributed by atoms with E-state index in [1.54, 1.807) is 23.1 Å². The average molecular weight is 453 g/mol. The van der Waals surface area contributed by atoms with Gasteiger partial charge in [0.15, 0.2) is 0 Å². The third kappa shape index (κ3) is 4.52. The molecule has 8 heteroatoms. The number of hydrogen-bond donors (Lipinski definition) is 1. The molecule has 1 unspecified atom stereocenters. The molecule has 0 bridgehead atoms. The molecule has 3 aromatic heterocycles. The number of ether oxygens (including phenoxy) is 1. The van der Waals surface area contributed by atoms with Crippen LogP contribution in [0.5, 0.6) is 5.75 Å². The highest BCUT2D eigenvalue weighted by Crippen LogP contribution is 2.19. The van der Waals surface area contributed by atoms with Gasteiger partial charge in [0.05, 0.1) is 17.4 Å². The van der Waals surface area contributed by atoms with Crippen molar-refractivity contribution >= 4 is 11.6 Å². The van der Waals surface area contributed by atoms with E-state index in [4.69, 9.17) is 4.74 Å². The van der Waals surface area contributed by atoms with Crippen molar-refractivity contribution in [3.63, 3.8) is 0 Å². The second kappa shape index (κ2) is 9.19. The molecule has 1 atom stereocenters. The molecule has 1 amide bonds. The Morgan fingerprint density at radius 1 is 1.12 bits per heavy atom. The van der Waals surface area contributed by atoms with Gasteiger partial charge in [0.2, 0.25) is 0 Å². The Morgan fingerprint density at radius 2 is 1.97 bits per heavy atom. The first-order valence-corrected chi connectivity index (χ1v) is 11.0. The van der Waals surface area contributed by atoms with Crippen LogP contribution in [0.25, 0.3) is 11.3 Å². The predicted molar refractivity (Wildman–Crippen MR) is 128 cm³/mol. The SMILES string of the molecule is Cc1cccn2cc(COc3cccc(C(=O)NC(C)c4ccc(-n5cncn5)cc4)c3)nc12. The zero-order valence-electron chi connectivity index (χ0n) is 18.9. The summed E-state index contributed by atoms with van der Waals surface area (Å²) < 4.78 is 9.59. The Morgan fingerprint density at radius 3 is 2.74 bits per heavy atom. The van der Waals surface area contributed by atoms with Crippen molar-refractivity contribution in [3.8, 4) is 11.4 Å². The molecule has 0 aliphatic heterocycles. The van der Waals surface area contributed by atoms with Crippen molar-refractivity contribution in [3.05, 3.63) is 108 Å². The Hall–Kier alpha value is -4.46. The number of hydrogen-bond acceptors (Lipinski definition) is 5. The number of carbonyl (C=O) groups is 1. The lowest BCUT2D eigenvalue weighted by atomic mass is 10.1. The van der Waals surface area contributed by atoms with Crippen LogP contribution in [-0.4, -0.2) is 30.1 Å². The molecular weight excluding hydrogens is 428 g/mol. The molecular formula is C26H24N6O2. The monoisotopic (exact) mass is 452 g/mol. The quantitative estimate of drug-likeness (QED) is 0.398. The van der Waals surface area contributed by atoms with Crippen LogP contribution in [0, 0.1) is 6.92 Å². The van der Waals surface area contributed by atoms with Gasteiger partial charge in [-0.25, -0.2) is 14.6 Å². The third-order valence-corrected chi connectivity index (χ3v) is 5.63. The minimum Gasteiger partial charge on any atom is -0.487 e. The summed E-state index contributed by atoms with van der Waals surface area (Å²) in [5, 5.41) is 7.17. The fourth-order valence-electron chi connectivity index (χ4n) is 3.78. The minimum atomic E-state index is -0.165. The molecule has 34 heavy (non-hydrogen) atoms. The topological polar surface area (TPSA) is 86.3 Å². The summed E-state index contributed by atoms with van der Waals surface area (Å²) in [7, 11) is 0. The van der Waals surface area contributed by atoms with E-state index >= 15 is 0 Å². The number of amides is 1. The first kappa shape index (κ1) is 21.4. The number of fused-ring (bicyclic) bond motifs is 1. The van der Waals surface area contributed by atoms with Gasteiger partial charge in [-0.2, -0.15) is 5.10 Å². The molecule has 0 fully saturated rings. The standard InChI is InChI=1S/C26H24N6O2/c1-18-5-4-12-31-14-22(30-25(18)31)15-34-24-7-3-6-21(13-24)26(33)29-19(2)20-8-10-23(11-9-20)32-17-27-16-28-32/h3-14,16-17,19H,15H2,1-2H3,(H,29,33). The summed E-state index contributed by atoms with van der Waals surface area (Å²) in [6.07, 6.45) is 7.06. The molecule has 0 saturated carbocycles. The largest absolute Gasteiger partial charge is 0.487 e. The molecule has 0 saturated heterocycles. The van der Waals surface area contributed by atoms with E-state index in [-0.39, 0.29) is 11.9 Å². The van der Waals surface area contributed by atoms with Crippen molar-refractivity contribution in [1.29, 1.82) is 0 Å². The smallest absolute Gasteiger partial charge is 0.251 e. The Balaban J connectivity index is 1.22. The lowest BCUT2D eigenvalue weighted by Gasteiger charge is -2.15. The van der Waals surface area contributed by atoms with Gasteiger partial charge in [0.25, 0.3) is 5.91 Å². The molecule has 2 aromatic carbocycles. The van der Waals surface area contributed by atoms with Gasteiger partial charge in [-0.15, -0.1) is 0 Å². The van der Waals surface area contributed by atoms with Crippen molar-refractivity contribution in [2.45, 2.75) is 26.5 Å². The number of benzene rings is 2. The highest BCUT2D eigenvalue weighted by molar-refractivity contribution is 5.94. The van der Waals surface area contributed by atoms with Crippen LogP contribution < -0.4 is 10.1 Å². The normalized spacial score (nSPS) is 11.9. The zero-order valence-corrected chi connectivity index (χ0v) is 18.9. The summed E-state index contributed by atoms with van der Waals surface area (Å²) in [5.41, 5.74) is 5.28. The summed E-state index contributed by atoms with van der Waals surface area (Å²) >= 11 is 0. The van der Waals surface area contributed by atoms with Crippen LogP contribution >= 0.6 is 0 Å². The first-order chi connectivity index (χ1) is 16.6. The fourth-order valence-corrected chi connectivity index (χ4v) is 3.78. The van der Waals surface area contributed by atoms with E-state index in [1.807, 2.05) is 79.2 Å². The number of aromatic nitrogens is 5. The van der Waals surface area contributed by atoms with E-state index in [0.717, 1.165) is 28.2 Å². The maximum absolute atomic E-state index is 12.9. The zero-order chi connectivity index (χ0) is 23.5. The number of imidazole rings is 1. The van der Waals surface area contributed by atoms with E-state index in [1.165, 1.54) is 6.33 Å². The minimum absolute atomic E-state index is 0.164. The van der Waals surface area contributed by atoms with Crippen LogP contribution in [-0.2, 0) is 6.61 Å². The second-order valence-electron chi connectivity index (χ2n) is 8.10. The maximum Gasteiger partial charge on any atom is 0.251 e. The molecule has 170 valence electrons. The van der Waals surface area contributed by atoms with E-state index < -0.39 is 0 Å². The van der Waals surface area contributed by atoms with Crippen molar-refractivity contribution in [2.24, 2.45) is 0 Å². The van der Waals surface area contributed by atoms with Gasteiger partial charge in [-0.05, 0) is 61.4 Å². The second-order valence-corrected chi connectivity index (χ2v) is 8.10. The predicted octanol–water partition coefficient (Wildman–Crippen LogP) is 4.29. The molecule has 5 rings (SSSR count). The van der Waals surface area contributed by atoms with Crippen LogP contribution in [0.15, 0.2) is 85.7 Å². The maximum atomic E-state index is 12.9. The van der Waals surface area contributed by atoms with Crippen molar-refractivity contribution in [1.82, 2.24) is 29.5 Å². The molecule has 8 nitrogen and oxygen atoms in total. The molecule has 0 aliphatic carbocycles. The van der Waals surface area contributed by atoms with Gasteiger partial charge in [-0.1, -0.05) is 24.3 Å². The molecule has 0 spiro atoms. The number of aryl methyl sites for hydroxylation is 1. The van der Waals surface area contributed by atoms with E-state index in [0.29, 0.717) is 17.9 Å². The number of nitrogens with one attached hydrogen (secondary N) is 1. The average Bonchev–Trinajstić information content (AvgIpc) is 3.54. The van der Waals surface area contributed by atoms with Gasteiger partial charge in [-0.3, -0.25) is 4.79 Å². The number of rotatable bonds is 7. The lowest BCUT2D eigenvalue weighted by molar-refractivity contribution is 0.0939. The molecule has 1 N–H and O–H groups in total. The van der Waals surface area contributed by atoms with Gasteiger partial charge in [0.1, 0.15) is 30.7 Å². The molecule has 3 heterocycles. The van der Waals surface area contributed by atoms with Gasteiger partial charge < -0.3 is 14.5 Å².